The zero-order chi connectivity index (χ0) is 23.7. The number of nitrogens with one attached hydrogen (secondary N) is 1. The van der Waals surface area contributed by atoms with Crippen molar-refractivity contribution in [2.45, 2.75) is 12.5 Å². The van der Waals surface area contributed by atoms with Gasteiger partial charge < -0.3 is 20.4 Å². The number of carboxylic acids is 2. The van der Waals surface area contributed by atoms with E-state index < -0.39 is 11.9 Å². The van der Waals surface area contributed by atoms with Crippen LogP contribution >= 0.6 is 11.6 Å². The predicted molar refractivity (Wildman–Crippen MR) is 124 cm³/mol. The molecule has 1 amide bonds. The summed E-state index contributed by atoms with van der Waals surface area (Å²) in [4.78, 5) is 33.1. The number of halogens is 1. The van der Waals surface area contributed by atoms with E-state index in [1.54, 1.807) is 0 Å². The molecule has 0 heterocycles. The number of nitrogens with zero attached hydrogens (tertiary/aromatic N) is 1. The van der Waals surface area contributed by atoms with Crippen LogP contribution in [0.5, 0.6) is 0 Å². The van der Waals surface area contributed by atoms with E-state index in [-0.39, 0.29) is 11.9 Å². The van der Waals surface area contributed by atoms with Crippen LogP contribution in [-0.2, 0) is 9.59 Å². The summed E-state index contributed by atoms with van der Waals surface area (Å²) in [5.41, 5.74) is 1.73. The molecule has 0 aliphatic carbocycles. The first-order valence-corrected chi connectivity index (χ1v) is 10.2. The molecule has 3 aromatic carbocycles. The van der Waals surface area contributed by atoms with Gasteiger partial charge in [0.2, 0.25) is 0 Å². The monoisotopic (exact) mass is 456 g/mol. The van der Waals surface area contributed by atoms with Gasteiger partial charge in [-0.1, -0.05) is 54.1 Å². The van der Waals surface area contributed by atoms with Gasteiger partial charge in [-0.2, -0.15) is 0 Å². The third-order valence-corrected chi connectivity index (χ3v) is 4.89. The maximum Gasteiger partial charge on any atom is 0.414 e. The van der Waals surface area contributed by atoms with Crippen molar-refractivity contribution in [2.24, 2.45) is 0 Å². The molecule has 0 saturated heterocycles. The fourth-order valence-corrected chi connectivity index (χ4v) is 3.10. The summed E-state index contributed by atoms with van der Waals surface area (Å²) in [5, 5.41) is 20.9. The molecule has 0 aliphatic rings. The molecule has 0 bridgehead atoms. The molecule has 3 aromatic rings. The molecule has 0 fully saturated rings. The Morgan fingerprint density at radius 3 is 2.06 bits per heavy atom. The quantitative estimate of drug-likeness (QED) is 0.482. The highest BCUT2D eigenvalue weighted by atomic mass is 35.5. The van der Waals surface area contributed by atoms with Gasteiger partial charge in [-0.15, -0.1) is 0 Å². The minimum Gasteiger partial charge on any atom is -0.473 e. The van der Waals surface area contributed by atoms with Crippen molar-refractivity contribution in [3.63, 3.8) is 0 Å². The van der Waals surface area contributed by atoms with Crippen LogP contribution < -0.4 is 5.32 Å². The van der Waals surface area contributed by atoms with E-state index in [9.17, 15) is 4.79 Å². The molecule has 7 nitrogen and oxygen atoms in total. The average Bonchev–Trinajstić information content (AvgIpc) is 2.77. The van der Waals surface area contributed by atoms with Crippen molar-refractivity contribution in [3.8, 4) is 0 Å². The number of carbonyl (C=O) groups is 3. The molecule has 168 valence electrons. The summed E-state index contributed by atoms with van der Waals surface area (Å²) >= 11 is 6.01. The lowest BCUT2D eigenvalue weighted by Gasteiger charge is -2.21. The van der Waals surface area contributed by atoms with Crippen molar-refractivity contribution >= 4 is 40.2 Å². The van der Waals surface area contributed by atoms with Crippen molar-refractivity contribution in [1.82, 2.24) is 10.2 Å². The number of rotatable bonds is 6. The molecular weight excluding hydrogens is 432 g/mol. The minimum atomic E-state index is -1.82. The average molecular weight is 457 g/mol. The van der Waals surface area contributed by atoms with Gasteiger partial charge in [0.15, 0.2) is 0 Å². The molecule has 0 radical (unpaired) electrons. The van der Waals surface area contributed by atoms with Crippen LogP contribution in [0.25, 0.3) is 10.8 Å². The Morgan fingerprint density at radius 2 is 1.50 bits per heavy atom. The first-order valence-electron chi connectivity index (χ1n) is 9.83. The Labute approximate surface area is 191 Å². The van der Waals surface area contributed by atoms with E-state index >= 15 is 0 Å². The van der Waals surface area contributed by atoms with Crippen molar-refractivity contribution in [3.05, 3.63) is 82.9 Å². The second-order valence-electron chi connectivity index (χ2n) is 7.34. The number of fused-ring (bicyclic) bond motifs is 1. The van der Waals surface area contributed by atoms with Gasteiger partial charge in [-0.3, -0.25) is 4.79 Å². The number of amides is 1. The maximum absolute atomic E-state index is 12.8. The van der Waals surface area contributed by atoms with Crippen LogP contribution in [0.15, 0.2) is 66.7 Å². The Morgan fingerprint density at radius 1 is 0.906 bits per heavy atom. The third kappa shape index (κ3) is 7.68. The zero-order valence-corrected chi connectivity index (χ0v) is 18.5. The van der Waals surface area contributed by atoms with Crippen LogP contribution in [0.3, 0.4) is 0 Å². The molecule has 3 rings (SSSR count). The van der Waals surface area contributed by atoms with Gasteiger partial charge >= 0.3 is 11.9 Å². The predicted octanol–water partition coefficient (Wildman–Crippen LogP) is 4.07. The van der Waals surface area contributed by atoms with Crippen molar-refractivity contribution in [1.29, 1.82) is 0 Å². The first-order chi connectivity index (χ1) is 15.2. The molecule has 1 unspecified atom stereocenters. The van der Waals surface area contributed by atoms with Gasteiger partial charge in [-0.25, -0.2) is 9.59 Å². The fraction of sp³-hybridized carbons (Fsp3) is 0.208. The Balaban J connectivity index is 0.000000534. The topological polar surface area (TPSA) is 107 Å². The standard InChI is InChI=1S/C22H23ClN2O.C2H2O4/c1-25(2)14-13-21(17-9-11-20(23)12-10-17)24-22(26)19-8-7-16-5-3-4-6-18(16)15-19;3-1(4)2(5)6/h3-12,15,21H,13-14H2,1-2H3,(H,24,26);(H,3,4)(H,5,6). The normalized spacial score (nSPS) is 11.4. The molecule has 8 heteroatoms. The number of carboxylic acid groups (broad SMARTS) is 2. The van der Waals surface area contributed by atoms with E-state index in [0.717, 1.165) is 29.3 Å². The Kier molecular flexibility index (Phi) is 9.19. The summed E-state index contributed by atoms with van der Waals surface area (Å²) in [6.45, 7) is 0.880. The van der Waals surface area contributed by atoms with Crippen LogP contribution in [0.2, 0.25) is 5.02 Å². The van der Waals surface area contributed by atoms with Gasteiger partial charge in [0.05, 0.1) is 6.04 Å². The zero-order valence-electron chi connectivity index (χ0n) is 17.8. The summed E-state index contributed by atoms with van der Waals surface area (Å²) in [5.74, 6) is -3.71. The molecule has 3 N–H and O–H groups in total. The Hall–Kier alpha value is -3.42. The number of hydrogen-bond donors (Lipinski definition) is 3. The molecule has 1 atom stereocenters. The van der Waals surface area contributed by atoms with Gasteiger partial charge in [-0.05, 0) is 67.7 Å². The molecule has 0 aromatic heterocycles. The SMILES string of the molecule is CN(C)CCC(NC(=O)c1ccc2ccccc2c1)c1ccc(Cl)cc1.O=C(O)C(=O)O. The lowest BCUT2D eigenvalue weighted by molar-refractivity contribution is -0.159. The molecule has 0 aliphatic heterocycles. The van der Waals surface area contributed by atoms with E-state index in [1.807, 2.05) is 80.8 Å². The lowest BCUT2D eigenvalue weighted by Crippen LogP contribution is -2.31. The number of hydrogen-bond acceptors (Lipinski definition) is 4. The van der Waals surface area contributed by atoms with Crippen molar-refractivity contribution in [2.75, 3.05) is 20.6 Å². The van der Waals surface area contributed by atoms with Crippen LogP contribution in [0.4, 0.5) is 0 Å². The Bertz CT molecular complexity index is 1070. The van der Waals surface area contributed by atoms with Crippen molar-refractivity contribution < 1.29 is 24.6 Å². The highest BCUT2D eigenvalue weighted by Gasteiger charge is 2.16. The van der Waals surface area contributed by atoms with E-state index in [1.165, 1.54) is 0 Å². The minimum absolute atomic E-state index is 0.0607. The van der Waals surface area contributed by atoms with Crippen LogP contribution in [0, 0.1) is 0 Å². The molecular formula is C24H25ClN2O5. The summed E-state index contributed by atoms with van der Waals surface area (Å²) < 4.78 is 0. The largest absolute Gasteiger partial charge is 0.473 e. The van der Waals surface area contributed by atoms with Gasteiger partial charge in [0, 0.05) is 10.6 Å². The highest BCUT2D eigenvalue weighted by molar-refractivity contribution is 6.30. The molecule has 32 heavy (non-hydrogen) atoms. The maximum atomic E-state index is 12.8. The van der Waals surface area contributed by atoms with E-state index in [2.05, 4.69) is 10.2 Å². The van der Waals surface area contributed by atoms with Gasteiger partial charge in [0.25, 0.3) is 5.91 Å². The van der Waals surface area contributed by atoms with Gasteiger partial charge in [0.1, 0.15) is 0 Å². The summed E-state index contributed by atoms with van der Waals surface area (Å²) in [7, 11) is 4.06. The van der Waals surface area contributed by atoms with Crippen LogP contribution in [0.1, 0.15) is 28.4 Å². The smallest absolute Gasteiger partial charge is 0.414 e. The molecule has 0 saturated carbocycles. The highest BCUT2D eigenvalue weighted by Crippen LogP contribution is 2.21. The second-order valence-corrected chi connectivity index (χ2v) is 7.78. The summed E-state index contributed by atoms with van der Waals surface area (Å²) in [6.07, 6.45) is 0.827. The van der Waals surface area contributed by atoms with E-state index in [4.69, 9.17) is 31.4 Å². The number of benzene rings is 3. The summed E-state index contributed by atoms with van der Waals surface area (Å²) in [6, 6.07) is 21.5. The van der Waals surface area contributed by atoms with Crippen LogP contribution in [-0.4, -0.2) is 53.6 Å². The lowest BCUT2D eigenvalue weighted by atomic mass is 10.0. The van der Waals surface area contributed by atoms with E-state index in [0.29, 0.717) is 10.6 Å². The third-order valence-electron chi connectivity index (χ3n) is 4.64. The first kappa shape index (κ1) is 24.8. The number of carbonyl (C=O) groups excluding carboxylic acids is 1. The fourth-order valence-electron chi connectivity index (χ4n) is 2.98. The second kappa shape index (κ2) is 11.8. The molecule has 0 spiro atoms. The number of aliphatic carboxylic acids is 2.